The van der Waals surface area contributed by atoms with Crippen LogP contribution in [0, 0.1) is 5.92 Å². The van der Waals surface area contributed by atoms with Crippen molar-refractivity contribution >= 4 is 28.9 Å². The molecule has 7 heteroatoms. The Balaban J connectivity index is 1.59. The van der Waals surface area contributed by atoms with E-state index in [1.807, 2.05) is 24.3 Å². The molecule has 1 aliphatic rings. The molecule has 0 aliphatic carbocycles. The minimum Gasteiger partial charge on any atom is -0.497 e. The van der Waals surface area contributed by atoms with Gasteiger partial charge in [-0.25, -0.2) is 0 Å². The summed E-state index contributed by atoms with van der Waals surface area (Å²) in [5.41, 5.74) is 2.09. The third kappa shape index (κ3) is 5.19. The quantitative estimate of drug-likeness (QED) is 0.755. The van der Waals surface area contributed by atoms with E-state index >= 15 is 0 Å². The highest BCUT2D eigenvalue weighted by molar-refractivity contribution is 6.43. The summed E-state index contributed by atoms with van der Waals surface area (Å²) in [6.45, 7) is 4.36. The van der Waals surface area contributed by atoms with E-state index in [1.54, 1.807) is 18.2 Å². The molecule has 0 radical (unpaired) electrons. The highest BCUT2D eigenvalue weighted by Gasteiger charge is 2.18. The van der Waals surface area contributed by atoms with Crippen LogP contribution in [0.4, 0.5) is 17.1 Å². The molecule has 2 aromatic carbocycles. The van der Waals surface area contributed by atoms with Crippen LogP contribution >= 0.6 is 0 Å². The van der Waals surface area contributed by atoms with Gasteiger partial charge >= 0.3 is 11.8 Å². The van der Waals surface area contributed by atoms with Gasteiger partial charge in [0.25, 0.3) is 0 Å². The van der Waals surface area contributed by atoms with Crippen LogP contribution in [0.1, 0.15) is 19.8 Å². The Morgan fingerprint density at radius 3 is 2.21 bits per heavy atom. The van der Waals surface area contributed by atoms with Gasteiger partial charge < -0.3 is 25.0 Å². The van der Waals surface area contributed by atoms with Crippen molar-refractivity contribution in [3.8, 4) is 11.5 Å². The lowest BCUT2D eigenvalue weighted by Gasteiger charge is -2.32. The molecule has 1 aliphatic heterocycles. The number of hydrogen-bond donors (Lipinski definition) is 2. The first-order valence-corrected chi connectivity index (χ1v) is 9.69. The Kier molecular flexibility index (Phi) is 6.59. The number of carbonyl (C=O) groups excluding carboxylic acids is 2. The van der Waals surface area contributed by atoms with Crippen LogP contribution in [0.2, 0.25) is 0 Å². The van der Waals surface area contributed by atoms with Crippen molar-refractivity contribution in [3.63, 3.8) is 0 Å². The van der Waals surface area contributed by atoms with Crippen LogP contribution in [0.25, 0.3) is 0 Å². The van der Waals surface area contributed by atoms with E-state index in [0.29, 0.717) is 22.9 Å². The number of piperidine rings is 1. The van der Waals surface area contributed by atoms with Crippen molar-refractivity contribution in [2.24, 2.45) is 5.92 Å². The van der Waals surface area contributed by atoms with Crippen LogP contribution in [0.15, 0.2) is 42.5 Å². The van der Waals surface area contributed by atoms with Crippen LogP contribution < -0.4 is 25.0 Å². The van der Waals surface area contributed by atoms with E-state index in [2.05, 4.69) is 22.5 Å². The minimum atomic E-state index is -0.775. The number of carbonyl (C=O) groups is 2. The second kappa shape index (κ2) is 9.32. The van der Waals surface area contributed by atoms with Gasteiger partial charge in [-0.15, -0.1) is 0 Å². The normalized spacial score (nSPS) is 14.2. The zero-order valence-electron chi connectivity index (χ0n) is 17.0. The summed E-state index contributed by atoms with van der Waals surface area (Å²) >= 11 is 0. The van der Waals surface area contributed by atoms with Crippen LogP contribution in [-0.2, 0) is 9.59 Å². The second-order valence-electron chi connectivity index (χ2n) is 7.19. The van der Waals surface area contributed by atoms with Gasteiger partial charge in [-0.2, -0.15) is 0 Å². The first-order valence-electron chi connectivity index (χ1n) is 9.69. The summed E-state index contributed by atoms with van der Waals surface area (Å²) < 4.78 is 10.4. The Morgan fingerprint density at radius 1 is 0.931 bits per heavy atom. The Bertz CT molecular complexity index is 859. The molecule has 1 heterocycles. The Hall–Kier alpha value is -3.22. The summed E-state index contributed by atoms with van der Waals surface area (Å²) in [7, 11) is 3.02. The Morgan fingerprint density at radius 2 is 1.59 bits per heavy atom. The molecule has 0 saturated carbocycles. The van der Waals surface area contributed by atoms with Crippen molar-refractivity contribution in [1.82, 2.24) is 0 Å². The molecular weight excluding hydrogens is 370 g/mol. The fourth-order valence-corrected chi connectivity index (χ4v) is 3.29. The van der Waals surface area contributed by atoms with E-state index in [4.69, 9.17) is 9.47 Å². The predicted octanol–water partition coefficient (Wildman–Crippen LogP) is 3.52. The molecule has 7 nitrogen and oxygen atoms in total. The number of anilines is 3. The minimum absolute atomic E-state index is 0.392. The molecule has 0 unspecified atom stereocenters. The summed E-state index contributed by atoms with van der Waals surface area (Å²) in [5.74, 6) is 0.246. The number of rotatable bonds is 5. The number of nitrogens with zero attached hydrogens (tertiary/aromatic N) is 1. The summed E-state index contributed by atoms with van der Waals surface area (Å²) in [6.07, 6.45) is 2.38. The third-order valence-electron chi connectivity index (χ3n) is 5.14. The molecule has 1 saturated heterocycles. The van der Waals surface area contributed by atoms with Crippen molar-refractivity contribution in [1.29, 1.82) is 0 Å². The first kappa shape index (κ1) is 20.5. The van der Waals surface area contributed by atoms with E-state index in [-0.39, 0.29) is 0 Å². The zero-order valence-corrected chi connectivity index (χ0v) is 17.0. The smallest absolute Gasteiger partial charge is 0.314 e. The molecule has 1 fully saturated rings. The topological polar surface area (TPSA) is 79.9 Å². The maximum Gasteiger partial charge on any atom is 0.314 e. The van der Waals surface area contributed by atoms with Gasteiger partial charge in [0.1, 0.15) is 11.5 Å². The predicted molar refractivity (Wildman–Crippen MR) is 114 cm³/mol. The lowest BCUT2D eigenvalue weighted by Crippen LogP contribution is -2.32. The van der Waals surface area contributed by atoms with Crippen molar-refractivity contribution in [3.05, 3.63) is 42.5 Å². The number of amides is 2. The number of methoxy groups -OCH3 is 2. The molecule has 0 bridgehead atoms. The van der Waals surface area contributed by atoms with Gasteiger partial charge in [0.05, 0.1) is 19.9 Å². The van der Waals surface area contributed by atoms with Gasteiger partial charge in [0, 0.05) is 30.5 Å². The lowest BCUT2D eigenvalue weighted by atomic mass is 9.99. The average molecular weight is 397 g/mol. The van der Waals surface area contributed by atoms with Gasteiger partial charge in [0.2, 0.25) is 0 Å². The summed E-state index contributed by atoms with van der Waals surface area (Å²) in [5, 5.41) is 5.18. The molecule has 2 aromatic rings. The van der Waals surface area contributed by atoms with E-state index < -0.39 is 11.8 Å². The van der Waals surface area contributed by atoms with Crippen LogP contribution in [0.3, 0.4) is 0 Å². The van der Waals surface area contributed by atoms with Crippen LogP contribution in [0.5, 0.6) is 11.5 Å². The van der Waals surface area contributed by atoms with Crippen LogP contribution in [-0.4, -0.2) is 39.1 Å². The molecule has 0 spiro atoms. The number of ether oxygens (including phenoxy) is 2. The van der Waals surface area contributed by atoms with Gasteiger partial charge in [-0.1, -0.05) is 6.92 Å². The SMILES string of the molecule is COc1ccc(NC(=O)C(=O)Nc2ccc(N3CCC(C)CC3)cc2)c(OC)c1. The van der Waals surface area contributed by atoms with Crippen molar-refractivity contribution in [2.75, 3.05) is 42.8 Å². The molecule has 2 amide bonds. The fourth-order valence-electron chi connectivity index (χ4n) is 3.29. The first-order chi connectivity index (χ1) is 14.0. The zero-order chi connectivity index (χ0) is 20.8. The molecule has 0 aromatic heterocycles. The maximum atomic E-state index is 12.3. The molecule has 3 rings (SSSR count). The highest BCUT2D eigenvalue weighted by Crippen LogP contribution is 2.29. The van der Waals surface area contributed by atoms with E-state index in [1.165, 1.54) is 27.1 Å². The fraction of sp³-hybridized carbons (Fsp3) is 0.364. The lowest BCUT2D eigenvalue weighted by molar-refractivity contribution is -0.133. The molecule has 154 valence electrons. The van der Waals surface area contributed by atoms with Gasteiger partial charge in [-0.05, 0) is 55.2 Å². The van der Waals surface area contributed by atoms with Gasteiger partial charge in [-0.3, -0.25) is 9.59 Å². The molecule has 29 heavy (non-hydrogen) atoms. The summed E-state index contributed by atoms with van der Waals surface area (Å²) in [6, 6.07) is 12.5. The number of hydrogen-bond acceptors (Lipinski definition) is 5. The standard InChI is InChI=1S/C22H27N3O4/c1-15-10-12-25(13-11-15)17-6-4-16(5-7-17)23-21(26)22(27)24-19-9-8-18(28-2)14-20(19)29-3/h4-9,14-15H,10-13H2,1-3H3,(H,23,26)(H,24,27). The highest BCUT2D eigenvalue weighted by atomic mass is 16.5. The Labute approximate surface area is 171 Å². The monoisotopic (exact) mass is 397 g/mol. The second-order valence-corrected chi connectivity index (χ2v) is 7.19. The largest absolute Gasteiger partial charge is 0.497 e. The maximum absolute atomic E-state index is 12.3. The summed E-state index contributed by atoms with van der Waals surface area (Å²) in [4.78, 5) is 26.9. The van der Waals surface area contributed by atoms with Crippen molar-refractivity contribution < 1.29 is 19.1 Å². The van der Waals surface area contributed by atoms with E-state index in [0.717, 1.165) is 24.7 Å². The van der Waals surface area contributed by atoms with Crippen molar-refractivity contribution in [2.45, 2.75) is 19.8 Å². The molecule has 2 N–H and O–H groups in total. The third-order valence-corrected chi connectivity index (χ3v) is 5.14. The van der Waals surface area contributed by atoms with Gasteiger partial charge in [0.15, 0.2) is 0 Å². The molecular formula is C22H27N3O4. The number of nitrogens with one attached hydrogen (secondary N) is 2. The van der Waals surface area contributed by atoms with E-state index in [9.17, 15) is 9.59 Å². The number of benzene rings is 2. The average Bonchev–Trinajstić information content (AvgIpc) is 2.75. The molecule has 0 atom stereocenters.